The van der Waals surface area contributed by atoms with Crippen LogP contribution in [-0.2, 0) is 9.53 Å². The van der Waals surface area contributed by atoms with Crippen LogP contribution in [0.3, 0.4) is 0 Å². The Morgan fingerprint density at radius 3 is 2.94 bits per heavy atom. The van der Waals surface area contributed by atoms with Crippen molar-refractivity contribution in [1.29, 1.82) is 0 Å². The summed E-state index contributed by atoms with van der Waals surface area (Å²) >= 11 is 0. The number of fused-ring (bicyclic) bond motifs is 1. The molecule has 0 aliphatic heterocycles. The maximum Gasteiger partial charge on any atom is 0.327 e. The number of carbonyl (C=O) groups is 1. The minimum atomic E-state index is -0.784. The monoisotopic (exact) mass is 230 g/mol. The molecule has 0 spiro atoms. The number of benzene rings is 1. The van der Waals surface area contributed by atoms with E-state index in [1.54, 1.807) is 19.2 Å². The number of pyridine rings is 1. The normalized spacial score (nSPS) is 12.4. The molecule has 0 amide bonds. The Morgan fingerprint density at radius 2 is 2.18 bits per heavy atom. The zero-order chi connectivity index (χ0) is 12.3. The number of nitrogens with two attached hydrogens (primary N) is 1. The third-order valence-corrected chi connectivity index (χ3v) is 2.54. The number of hydrogen-bond acceptors (Lipinski definition) is 4. The molecule has 0 saturated heterocycles. The zero-order valence-corrected chi connectivity index (χ0v) is 9.59. The second kappa shape index (κ2) is 4.93. The molecule has 0 saturated carbocycles. The molecule has 1 atom stereocenters. The Kier molecular flexibility index (Phi) is 3.35. The predicted molar refractivity (Wildman–Crippen MR) is 65.3 cm³/mol. The van der Waals surface area contributed by atoms with E-state index in [0.717, 1.165) is 10.9 Å². The molecule has 0 aliphatic rings. The lowest BCUT2D eigenvalue weighted by Crippen LogP contribution is -2.24. The van der Waals surface area contributed by atoms with E-state index in [0.29, 0.717) is 12.2 Å². The summed E-state index contributed by atoms with van der Waals surface area (Å²) in [5.41, 5.74) is 7.32. The molecule has 2 rings (SSSR count). The molecule has 0 fully saturated rings. The van der Waals surface area contributed by atoms with Gasteiger partial charge in [-0.2, -0.15) is 0 Å². The lowest BCUT2D eigenvalue weighted by molar-refractivity contribution is -0.144. The zero-order valence-electron chi connectivity index (χ0n) is 9.59. The fourth-order valence-corrected chi connectivity index (χ4v) is 1.74. The molecule has 88 valence electrons. The highest BCUT2D eigenvalue weighted by Crippen LogP contribution is 2.21. The van der Waals surface area contributed by atoms with Gasteiger partial charge < -0.3 is 10.5 Å². The van der Waals surface area contributed by atoms with Crippen LogP contribution in [0.5, 0.6) is 0 Å². The Bertz CT molecular complexity index is 534. The van der Waals surface area contributed by atoms with E-state index in [4.69, 9.17) is 10.5 Å². The lowest BCUT2D eigenvalue weighted by atomic mass is 10.0. The molecule has 0 aliphatic carbocycles. The van der Waals surface area contributed by atoms with Gasteiger partial charge in [0.2, 0.25) is 0 Å². The van der Waals surface area contributed by atoms with Crippen LogP contribution in [0.1, 0.15) is 18.5 Å². The van der Waals surface area contributed by atoms with Gasteiger partial charge in [0, 0.05) is 17.1 Å². The number of nitrogens with zero attached hydrogens (tertiary/aromatic N) is 1. The summed E-state index contributed by atoms with van der Waals surface area (Å²) < 4.78 is 4.92. The van der Waals surface area contributed by atoms with Crippen molar-refractivity contribution < 1.29 is 9.53 Å². The van der Waals surface area contributed by atoms with Crippen molar-refractivity contribution in [3.63, 3.8) is 0 Å². The largest absolute Gasteiger partial charge is 0.465 e. The van der Waals surface area contributed by atoms with Crippen LogP contribution in [-0.4, -0.2) is 17.6 Å². The molecule has 1 unspecified atom stereocenters. The Morgan fingerprint density at radius 1 is 1.41 bits per heavy atom. The molecule has 1 aromatic heterocycles. The maximum atomic E-state index is 11.6. The molecule has 4 heteroatoms. The molecule has 0 bridgehead atoms. The second-order valence-corrected chi connectivity index (χ2v) is 3.65. The third-order valence-electron chi connectivity index (χ3n) is 2.54. The summed E-state index contributed by atoms with van der Waals surface area (Å²) in [5.74, 6) is -0.425. The lowest BCUT2D eigenvalue weighted by Gasteiger charge is -2.12. The van der Waals surface area contributed by atoms with Gasteiger partial charge in [0.05, 0.1) is 12.1 Å². The van der Waals surface area contributed by atoms with E-state index in [9.17, 15) is 4.79 Å². The van der Waals surface area contributed by atoms with Crippen LogP contribution in [0.2, 0.25) is 0 Å². The van der Waals surface area contributed by atoms with Gasteiger partial charge in [-0.15, -0.1) is 0 Å². The van der Waals surface area contributed by atoms with E-state index < -0.39 is 12.0 Å². The van der Waals surface area contributed by atoms with Gasteiger partial charge in [-0.25, -0.2) is 4.79 Å². The number of esters is 1. The van der Waals surface area contributed by atoms with Gasteiger partial charge in [0.25, 0.3) is 0 Å². The molecule has 1 aromatic carbocycles. The first-order valence-corrected chi connectivity index (χ1v) is 5.50. The van der Waals surface area contributed by atoms with Crippen LogP contribution < -0.4 is 5.73 Å². The van der Waals surface area contributed by atoms with E-state index in [1.165, 1.54) is 0 Å². The summed E-state index contributed by atoms with van der Waals surface area (Å²) in [6.45, 7) is 2.08. The van der Waals surface area contributed by atoms with Crippen molar-refractivity contribution in [2.45, 2.75) is 13.0 Å². The van der Waals surface area contributed by atoms with Gasteiger partial charge in [0.15, 0.2) is 0 Å². The smallest absolute Gasteiger partial charge is 0.327 e. The summed E-state index contributed by atoms with van der Waals surface area (Å²) in [6.07, 6.45) is 1.68. The number of ether oxygens (including phenoxy) is 1. The SMILES string of the molecule is CCOC(=O)C(N)c1cccc2cccnc12. The van der Waals surface area contributed by atoms with Gasteiger partial charge in [0.1, 0.15) is 6.04 Å². The Labute approximate surface area is 99.4 Å². The van der Waals surface area contributed by atoms with Crippen LogP contribution in [0.15, 0.2) is 36.5 Å². The number of hydrogen-bond donors (Lipinski definition) is 1. The Balaban J connectivity index is 2.44. The average Bonchev–Trinajstić information content (AvgIpc) is 2.37. The molecule has 2 aromatic rings. The second-order valence-electron chi connectivity index (χ2n) is 3.65. The van der Waals surface area contributed by atoms with Crippen molar-refractivity contribution >= 4 is 16.9 Å². The fourth-order valence-electron chi connectivity index (χ4n) is 1.74. The standard InChI is InChI=1S/C13H14N2O2/c1-2-17-13(16)11(14)10-7-3-5-9-6-4-8-15-12(9)10/h3-8,11H,2,14H2,1H3. The number of rotatable bonds is 3. The summed E-state index contributed by atoms with van der Waals surface area (Å²) in [7, 11) is 0. The van der Waals surface area contributed by atoms with Gasteiger partial charge in [-0.3, -0.25) is 4.98 Å². The number of para-hydroxylation sites is 1. The first-order valence-electron chi connectivity index (χ1n) is 5.50. The number of aromatic nitrogens is 1. The molecule has 4 nitrogen and oxygen atoms in total. The van der Waals surface area contributed by atoms with Crippen molar-refractivity contribution in [2.75, 3.05) is 6.61 Å². The molecule has 17 heavy (non-hydrogen) atoms. The Hall–Kier alpha value is -1.94. The van der Waals surface area contributed by atoms with Crippen LogP contribution >= 0.6 is 0 Å². The van der Waals surface area contributed by atoms with Crippen LogP contribution in [0.25, 0.3) is 10.9 Å². The van der Waals surface area contributed by atoms with E-state index in [-0.39, 0.29) is 0 Å². The highest BCUT2D eigenvalue weighted by atomic mass is 16.5. The van der Waals surface area contributed by atoms with Gasteiger partial charge in [-0.1, -0.05) is 24.3 Å². The van der Waals surface area contributed by atoms with E-state index >= 15 is 0 Å². The van der Waals surface area contributed by atoms with E-state index in [2.05, 4.69) is 4.98 Å². The fraction of sp³-hybridized carbons (Fsp3) is 0.231. The first-order chi connectivity index (χ1) is 8.24. The van der Waals surface area contributed by atoms with Crippen molar-refractivity contribution in [3.05, 3.63) is 42.1 Å². The van der Waals surface area contributed by atoms with E-state index in [1.807, 2.05) is 24.3 Å². The van der Waals surface area contributed by atoms with Gasteiger partial charge >= 0.3 is 5.97 Å². The van der Waals surface area contributed by atoms with Crippen molar-refractivity contribution in [1.82, 2.24) is 4.98 Å². The molecule has 2 N–H and O–H groups in total. The first kappa shape index (κ1) is 11.5. The highest BCUT2D eigenvalue weighted by molar-refractivity contribution is 5.88. The molecular formula is C13H14N2O2. The van der Waals surface area contributed by atoms with Crippen molar-refractivity contribution in [2.24, 2.45) is 5.73 Å². The average molecular weight is 230 g/mol. The molecule has 1 heterocycles. The summed E-state index contributed by atoms with van der Waals surface area (Å²) in [5, 5.41) is 0.963. The minimum Gasteiger partial charge on any atom is -0.465 e. The highest BCUT2D eigenvalue weighted by Gasteiger charge is 2.19. The number of carbonyl (C=O) groups excluding carboxylic acids is 1. The van der Waals surface area contributed by atoms with Crippen molar-refractivity contribution in [3.8, 4) is 0 Å². The van der Waals surface area contributed by atoms with Gasteiger partial charge in [-0.05, 0) is 13.0 Å². The molecule has 0 radical (unpaired) electrons. The van der Waals surface area contributed by atoms with Crippen LogP contribution in [0.4, 0.5) is 0 Å². The van der Waals surface area contributed by atoms with Crippen LogP contribution in [0, 0.1) is 0 Å². The predicted octanol–water partition coefficient (Wildman–Crippen LogP) is 1.80. The minimum absolute atomic E-state index is 0.324. The summed E-state index contributed by atoms with van der Waals surface area (Å²) in [6, 6.07) is 8.60. The maximum absolute atomic E-state index is 11.6. The topological polar surface area (TPSA) is 65.2 Å². The summed E-state index contributed by atoms with van der Waals surface area (Å²) in [4.78, 5) is 15.9. The quantitative estimate of drug-likeness (QED) is 0.816. The molecular weight excluding hydrogens is 216 g/mol. The third kappa shape index (κ3) is 2.26.